The second kappa shape index (κ2) is 5.59. The molecular weight excluding hydrogens is 328 g/mol. The molecule has 2 rings (SSSR count). The smallest absolute Gasteiger partial charge is 0.250 e. The molecule has 0 aliphatic carbocycles. The average molecular weight is 335 g/mol. The summed E-state index contributed by atoms with van der Waals surface area (Å²) in [5, 5.41) is 1.42. The first-order chi connectivity index (χ1) is 8.90. The summed E-state index contributed by atoms with van der Waals surface area (Å²) in [6, 6.07) is 8.03. The average Bonchev–Trinajstić information content (AvgIpc) is 2.33. The van der Waals surface area contributed by atoms with E-state index in [9.17, 15) is 4.79 Å². The van der Waals surface area contributed by atoms with Gasteiger partial charge in [0.2, 0.25) is 5.91 Å². The number of amides is 1. The number of carbonyl (C=O) groups excluding carboxylic acids is 1. The molecular formula is C13H7Cl4NO. The maximum Gasteiger partial charge on any atom is 0.250 e. The summed E-state index contributed by atoms with van der Waals surface area (Å²) in [5.41, 5.74) is 6.77. The van der Waals surface area contributed by atoms with E-state index in [4.69, 9.17) is 52.1 Å². The van der Waals surface area contributed by atoms with Crippen LogP contribution in [-0.2, 0) is 0 Å². The normalized spacial score (nSPS) is 10.5. The van der Waals surface area contributed by atoms with Crippen molar-refractivity contribution >= 4 is 52.3 Å². The lowest BCUT2D eigenvalue weighted by atomic mass is 10.0. The Morgan fingerprint density at radius 2 is 1.63 bits per heavy atom. The van der Waals surface area contributed by atoms with E-state index >= 15 is 0 Å². The van der Waals surface area contributed by atoms with Crippen LogP contribution in [0.2, 0.25) is 20.1 Å². The maximum absolute atomic E-state index is 11.1. The van der Waals surface area contributed by atoms with E-state index in [2.05, 4.69) is 0 Å². The first-order valence-electron chi connectivity index (χ1n) is 5.14. The zero-order chi connectivity index (χ0) is 14.2. The maximum atomic E-state index is 11.1. The van der Waals surface area contributed by atoms with Gasteiger partial charge < -0.3 is 5.73 Å². The number of rotatable bonds is 2. The Balaban J connectivity index is 2.60. The quantitative estimate of drug-likeness (QED) is 0.766. The van der Waals surface area contributed by atoms with Crippen LogP contribution in [-0.4, -0.2) is 5.91 Å². The van der Waals surface area contributed by atoms with Gasteiger partial charge in [0.1, 0.15) is 0 Å². The Morgan fingerprint density at radius 1 is 0.947 bits per heavy atom. The molecule has 0 aliphatic heterocycles. The molecule has 19 heavy (non-hydrogen) atoms. The van der Waals surface area contributed by atoms with Crippen molar-refractivity contribution in [2.24, 2.45) is 5.73 Å². The van der Waals surface area contributed by atoms with Crippen LogP contribution in [0.15, 0.2) is 30.3 Å². The van der Waals surface area contributed by atoms with Crippen LogP contribution in [0.3, 0.4) is 0 Å². The molecule has 0 unspecified atom stereocenters. The van der Waals surface area contributed by atoms with Gasteiger partial charge in [-0.2, -0.15) is 0 Å². The molecule has 0 fully saturated rings. The van der Waals surface area contributed by atoms with E-state index in [1.807, 2.05) is 0 Å². The van der Waals surface area contributed by atoms with Crippen LogP contribution in [0.4, 0.5) is 0 Å². The van der Waals surface area contributed by atoms with E-state index in [1.54, 1.807) is 24.3 Å². The fraction of sp³-hybridized carbons (Fsp3) is 0. The van der Waals surface area contributed by atoms with Gasteiger partial charge in [-0.1, -0.05) is 52.5 Å². The van der Waals surface area contributed by atoms with Crippen LogP contribution in [0.5, 0.6) is 0 Å². The Kier molecular flexibility index (Phi) is 4.26. The second-order valence-electron chi connectivity index (χ2n) is 3.81. The summed E-state index contributed by atoms with van der Waals surface area (Å²) >= 11 is 24.0. The second-order valence-corrected chi connectivity index (χ2v) is 5.44. The number of benzene rings is 2. The molecule has 2 aromatic rings. The Labute approximate surface area is 130 Å². The summed E-state index contributed by atoms with van der Waals surface area (Å²) in [7, 11) is 0. The van der Waals surface area contributed by atoms with E-state index in [0.29, 0.717) is 26.2 Å². The van der Waals surface area contributed by atoms with Gasteiger partial charge in [-0.15, -0.1) is 0 Å². The molecule has 0 atom stereocenters. The van der Waals surface area contributed by atoms with Crippen LogP contribution < -0.4 is 5.73 Å². The molecule has 6 heteroatoms. The summed E-state index contributed by atoms with van der Waals surface area (Å²) in [6.45, 7) is 0. The van der Waals surface area contributed by atoms with Gasteiger partial charge in [0.05, 0.1) is 20.6 Å². The van der Waals surface area contributed by atoms with Crippen molar-refractivity contribution < 1.29 is 4.79 Å². The number of hydrogen-bond acceptors (Lipinski definition) is 1. The first kappa shape index (κ1) is 14.5. The van der Waals surface area contributed by atoms with Gasteiger partial charge in [-0.3, -0.25) is 4.79 Å². The number of carbonyl (C=O) groups is 1. The molecule has 0 aliphatic rings. The van der Waals surface area contributed by atoms with E-state index in [1.165, 1.54) is 6.07 Å². The predicted octanol–water partition coefficient (Wildman–Crippen LogP) is 5.07. The lowest BCUT2D eigenvalue weighted by molar-refractivity contribution is 0.100. The standard InChI is InChI=1S/C13H7Cl4NO/c14-7-4-9(12(17)11(16)5-7)6-1-2-8(13(18)19)10(15)3-6/h1-5H,(H2,18,19). The van der Waals surface area contributed by atoms with Gasteiger partial charge in [0, 0.05) is 10.6 Å². The van der Waals surface area contributed by atoms with Gasteiger partial charge >= 0.3 is 0 Å². The highest BCUT2D eigenvalue weighted by Gasteiger charge is 2.12. The summed E-state index contributed by atoms with van der Waals surface area (Å²) < 4.78 is 0. The third-order valence-corrected chi connectivity index (χ3v) is 3.87. The molecule has 2 N–H and O–H groups in total. The third-order valence-electron chi connectivity index (χ3n) is 2.54. The lowest BCUT2D eigenvalue weighted by Gasteiger charge is -2.09. The minimum Gasteiger partial charge on any atom is -0.366 e. The molecule has 0 saturated heterocycles. The molecule has 0 aromatic heterocycles. The summed E-state index contributed by atoms with van der Waals surface area (Å²) in [6.07, 6.45) is 0. The molecule has 0 heterocycles. The number of nitrogens with two attached hydrogens (primary N) is 1. The van der Waals surface area contributed by atoms with Crippen molar-refractivity contribution in [3.8, 4) is 11.1 Å². The molecule has 2 nitrogen and oxygen atoms in total. The molecule has 0 spiro atoms. The SMILES string of the molecule is NC(=O)c1ccc(-c2cc(Cl)cc(Cl)c2Cl)cc1Cl. The van der Waals surface area contributed by atoms with Crippen LogP contribution in [0.1, 0.15) is 10.4 Å². The predicted molar refractivity (Wildman–Crippen MR) is 80.4 cm³/mol. The Bertz CT molecular complexity index is 670. The first-order valence-corrected chi connectivity index (χ1v) is 6.65. The number of halogens is 4. The minimum atomic E-state index is -0.591. The minimum absolute atomic E-state index is 0.245. The van der Waals surface area contributed by atoms with Crippen molar-refractivity contribution in [1.29, 1.82) is 0 Å². The molecule has 0 bridgehead atoms. The Morgan fingerprint density at radius 3 is 2.21 bits per heavy atom. The molecule has 0 saturated carbocycles. The fourth-order valence-electron chi connectivity index (χ4n) is 1.65. The topological polar surface area (TPSA) is 43.1 Å². The van der Waals surface area contributed by atoms with Gasteiger partial charge in [0.25, 0.3) is 0 Å². The van der Waals surface area contributed by atoms with Crippen molar-refractivity contribution in [2.75, 3.05) is 0 Å². The van der Waals surface area contributed by atoms with Gasteiger partial charge in [-0.05, 0) is 29.8 Å². The third kappa shape index (κ3) is 2.98. The van der Waals surface area contributed by atoms with Crippen molar-refractivity contribution in [3.63, 3.8) is 0 Å². The number of hydrogen-bond donors (Lipinski definition) is 1. The zero-order valence-corrected chi connectivity index (χ0v) is 12.4. The highest BCUT2D eigenvalue weighted by molar-refractivity contribution is 6.45. The van der Waals surface area contributed by atoms with E-state index < -0.39 is 5.91 Å². The van der Waals surface area contributed by atoms with Gasteiger partial charge in [-0.25, -0.2) is 0 Å². The number of primary amides is 1. The summed E-state index contributed by atoms with van der Waals surface area (Å²) in [5.74, 6) is -0.591. The fourth-order valence-corrected chi connectivity index (χ4v) is 2.63. The van der Waals surface area contributed by atoms with Crippen LogP contribution >= 0.6 is 46.4 Å². The highest BCUT2D eigenvalue weighted by atomic mass is 35.5. The van der Waals surface area contributed by atoms with Crippen LogP contribution in [0.25, 0.3) is 11.1 Å². The highest BCUT2D eigenvalue weighted by Crippen LogP contribution is 2.37. The lowest BCUT2D eigenvalue weighted by Crippen LogP contribution is -2.11. The zero-order valence-electron chi connectivity index (χ0n) is 9.38. The molecule has 2 aromatic carbocycles. The summed E-state index contributed by atoms with van der Waals surface area (Å²) in [4.78, 5) is 11.1. The van der Waals surface area contributed by atoms with Crippen molar-refractivity contribution in [1.82, 2.24) is 0 Å². The van der Waals surface area contributed by atoms with Gasteiger partial charge in [0.15, 0.2) is 0 Å². The molecule has 0 radical (unpaired) electrons. The molecule has 1 amide bonds. The van der Waals surface area contributed by atoms with E-state index in [0.717, 1.165) is 0 Å². The molecule has 98 valence electrons. The van der Waals surface area contributed by atoms with Crippen molar-refractivity contribution in [2.45, 2.75) is 0 Å². The Hall–Kier alpha value is -0.930. The van der Waals surface area contributed by atoms with E-state index in [-0.39, 0.29) is 10.6 Å². The van der Waals surface area contributed by atoms with Crippen LogP contribution in [0, 0.1) is 0 Å². The largest absolute Gasteiger partial charge is 0.366 e. The van der Waals surface area contributed by atoms with Crippen molar-refractivity contribution in [3.05, 3.63) is 56.0 Å². The monoisotopic (exact) mass is 333 g/mol.